The summed E-state index contributed by atoms with van der Waals surface area (Å²) in [6.07, 6.45) is 0. The SMILES string of the molecule is NCc1nnn(CCO)c1COc1ccc(Cl)cc1Cl. The monoisotopic (exact) mass is 316 g/mol. The molecule has 0 unspecified atom stereocenters. The molecule has 0 fully saturated rings. The maximum absolute atomic E-state index is 8.99. The van der Waals surface area contributed by atoms with E-state index in [1.165, 1.54) is 0 Å². The maximum Gasteiger partial charge on any atom is 0.138 e. The van der Waals surface area contributed by atoms with Crippen LogP contribution in [0.4, 0.5) is 0 Å². The number of rotatable bonds is 6. The molecule has 0 atom stereocenters. The normalized spacial score (nSPS) is 10.8. The molecule has 1 heterocycles. The van der Waals surface area contributed by atoms with Gasteiger partial charge in [-0.1, -0.05) is 28.4 Å². The van der Waals surface area contributed by atoms with Gasteiger partial charge in [0.05, 0.1) is 18.2 Å². The first-order chi connectivity index (χ1) is 9.65. The number of nitrogens with two attached hydrogens (primary N) is 1. The number of hydrogen-bond donors (Lipinski definition) is 2. The summed E-state index contributed by atoms with van der Waals surface area (Å²) in [4.78, 5) is 0. The van der Waals surface area contributed by atoms with E-state index in [0.29, 0.717) is 33.7 Å². The molecule has 108 valence electrons. The molecule has 2 aromatic rings. The van der Waals surface area contributed by atoms with Gasteiger partial charge in [-0.3, -0.25) is 0 Å². The van der Waals surface area contributed by atoms with Crippen molar-refractivity contribution in [2.75, 3.05) is 6.61 Å². The van der Waals surface area contributed by atoms with E-state index < -0.39 is 0 Å². The summed E-state index contributed by atoms with van der Waals surface area (Å²) in [5.74, 6) is 0.510. The maximum atomic E-state index is 8.99. The second kappa shape index (κ2) is 6.90. The average Bonchev–Trinajstić information content (AvgIpc) is 2.80. The number of nitrogens with zero attached hydrogens (tertiary/aromatic N) is 3. The Morgan fingerprint density at radius 2 is 2.15 bits per heavy atom. The van der Waals surface area contributed by atoms with Crippen molar-refractivity contribution in [1.82, 2.24) is 15.0 Å². The first kappa shape index (κ1) is 15.1. The minimum atomic E-state index is -0.0396. The standard InChI is InChI=1S/C12H14Cl2N4O2/c13-8-1-2-12(9(14)5-8)20-7-11-10(6-15)16-17-18(11)3-4-19/h1-2,5,19H,3-4,6-7,15H2. The third-order valence-electron chi connectivity index (χ3n) is 2.68. The molecule has 2 rings (SSSR count). The number of hydrogen-bond acceptors (Lipinski definition) is 5. The van der Waals surface area contributed by atoms with E-state index >= 15 is 0 Å². The molecule has 0 aliphatic rings. The van der Waals surface area contributed by atoms with E-state index in [2.05, 4.69) is 10.3 Å². The van der Waals surface area contributed by atoms with Crippen molar-refractivity contribution in [1.29, 1.82) is 0 Å². The summed E-state index contributed by atoms with van der Waals surface area (Å²) in [5.41, 5.74) is 6.95. The van der Waals surface area contributed by atoms with Gasteiger partial charge in [-0.2, -0.15) is 0 Å². The zero-order valence-corrected chi connectivity index (χ0v) is 12.1. The van der Waals surface area contributed by atoms with Crippen molar-refractivity contribution < 1.29 is 9.84 Å². The summed E-state index contributed by atoms with van der Waals surface area (Å²) >= 11 is 11.9. The van der Waals surface area contributed by atoms with E-state index in [1.807, 2.05) is 0 Å². The first-order valence-corrected chi connectivity index (χ1v) is 6.71. The Balaban J connectivity index is 2.15. The lowest BCUT2D eigenvalue weighted by atomic mass is 10.3. The molecule has 0 saturated carbocycles. The number of aliphatic hydroxyl groups excluding tert-OH is 1. The predicted molar refractivity (Wildman–Crippen MR) is 75.8 cm³/mol. The van der Waals surface area contributed by atoms with Gasteiger partial charge in [0.25, 0.3) is 0 Å². The van der Waals surface area contributed by atoms with Crippen molar-refractivity contribution in [3.8, 4) is 5.75 Å². The second-order valence-corrected chi connectivity index (χ2v) is 4.84. The largest absolute Gasteiger partial charge is 0.486 e. The van der Waals surface area contributed by atoms with Gasteiger partial charge in [0.1, 0.15) is 23.7 Å². The van der Waals surface area contributed by atoms with Gasteiger partial charge in [-0.15, -0.1) is 5.10 Å². The van der Waals surface area contributed by atoms with Crippen LogP contribution >= 0.6 is 23.2 Å². The van der Waals surface area contributed by atoms with Crippen LogP contribution in [0.1, 0.15) is 11.4 Å². The van der Waals surface area contributed by atoms with Crippen LogP contribution in [0.5, 0.6) is 5.75 Å². The van der Waals surface area contributed by atoms with Crippen LogP contribution in [0.3, 0.4) is 0 Å². The molecule has 0 aliphatic carbocycles. The summed E-state index contributed by atoms with van der Waals surface area (Å²) in [5, 5.41) is 17.8. The number of halogens is 2. The lowest BCUT2D eigenvalue weighted by Crippen LogP contribution is -2.12. The first-order valence-electron chi connectivity index (χ1n) is 5.95. The van der Waals surface area contributed by atoms with E-state index in [0.717, 1.165) is 0 Å². The van der Waals surface area contributed by atoms with E-state index in [1.54, 1.807) is 22.9 Å². The second-order valence-electron chi connectivity index (χ2n) is 4.00. The van der Waals surface area contributed by atoms with Crippen molar-refractivity contribution in [3.05, 3.63) is 39.6 Å². The van der Waals surface area contributed by atoms with E-state index in [-0.39, 0.29) is 19.8 Å². The molecule has 0 amide bonds. The molecule has 1 aromatic carbocycles. The van der Waals surface area contributed by atoms with Crippen LogP contribution in [-0.4, -0.2) is 26.7 Å². The number of benzene rings is 1. The smallest absolute Gasteiger partial charge is 0.138 e. The topological polar surface area (TPSA) is 86.2 Å². The highest BCUT2D eigenvalue weighted by Crippen LogP contribution is 2.28. The summed E-state index contributed by atoms with van der Waals surface area (Å²) in [7, 11) is 0. The quantitative estimate of drug-likeness (QED) is 0.845. The fourth-order valence-corrected chi connectivity index (χ4v) is 2.16. The summed E-state index contributed by atoms with van der Waals surface area (Å²) in [6, 6.07) is 4.98. The average molecular weight is 317 g/mol. The minimum absolute atomic E-state index is 0.0396. The Kier molecular flexibility index (Phi) is 5.19. The van der Waals surface area contributed by atoms with Gasteiger partial charge in [0, 0.05) is 11.6 Å². The highest BCUT2D eigenvalue weighted by molar-refractivity contribution is 6.35. The molecule has 0 radical (unpaired) electrons. The van der Waals surface area contributed by atoms with Crippen molar-refractivity contribution in [2.24, 2.45) is 5.73 Å². The fourth-order valence-electron chi connectivity index (χ4n) is 1.70. The molecule has 0 saturated heterocycles. The Hall–Kier alpha value is -1.34. The fraction of sp³-hybridized carbons (Fsp3) is 0.333. The Bertz CT molecular complexity index is 589. The molecule has 3 N–H and O–H groups in total. The summed E-state index contributed by atoms with van der Waals surface area (Å²) < 4.78 is 7.20. The van der Waals surface area contributed by atoms with Gasteiger partial charge >= 0.3 is 0 Å². The lowest BCUT2D eigenvalue weighted by Gasteiger charge is -2.10. The molecule has 0 aliphatic heterocycles. The highest BCUT2D eigenvalue weighted by atomic mass is 35.5. The van der Waals surface area contributed by atoms with E-state index in [9.17, 15) is 0 Å². The number of aliphatic hydroxyl groups is 1. The zero-order chi connectivity index (χ0) is 14.5. The van der Waals surface area contributed by atoms with Gasteiger partial charge in [-0.25, -0.2) is 4.68 Å². The minimum Gasteiger partial charge on any atom is -0.486 e. The molecular weight excluding hydrogens is 303 g/mol. The molecule has 20 heavy (non-hydrogen) atoms. The Morgan fingerprint density at radius 3 is 2.80 bits per heavy atom. The molecular formula is C12H14Cl2N4O2. The lowest BCUT2D eigenvalue weighted by molar-refractivity contribution is 0.251. The third kappa shape index (κ3) is 3.40. The van der Waals surface area contributed by atoms with Crippen molar-refractivity contribution >= 4 is 23.2 Å². The Morgan fingerprint density at radius 1 is 1.35 bits per heavy atom. The zero-order valence-electron chi connectivity index (χ0n) is 10.6. The van der Waals surface area contributed by atoms with E-state index in [4.69, 9.17) is 38.8 Å². The number of aromatic nitrogens is 3. The van der Waals surface area contributed by atoms with Crippen LogP contribution in [0.2, 0.25) is 10.0 Å². The van der Waals surface area contributed by atoms with Crippen molar-refractivity contribution in [3.63, 3.8) is 0 Å². The van der Waals surface area contributed by atoms with Gasteiger partial charge < -0.3 is 15.6 Å². The molecule has 8 heteroatoms. The van der Waals surface area contributed by atoms with Crippen LogP contribution in [-0.2, 0) is 19.7 Å². The van der Waals surface area contributed by atoms with Crippen LogP contribution < -0.4 is 10.5 Å². The van der Waals surface area contributed by atoms with Crippen LogP contribution in [0.15, 0.2) is 18.2 Å². The van der Waals surface area contributed by atoms with Crippen molar-refractivity contribution in [2.45, 2.75) is 19.7 Å². The third-order valence-corrected chi connectivity index (χ3v) is 3.21. The van der Waals surface area contributed by atoms with Gasteiger partial charge in [0.2, 0.25) is 0 Å². The molecule has 6 nitrogen and oxygen atoms in total. The molecule has 1 aromatic heterocycles. The van der Waals surface area contributed by atoms with Crippen LogP contribution in [0, 0.1) is 0 Å². The van der Waals surface area contributed by atoms with Gasteiger partial charge in [-0.05, 0) is 18.2 Å². The summed E-state index contributed by atoms with van der Waals surface area (Å²) in [6.45, 7) is 0.751. The van der Waals surface area contributed by atoms with Gasteiger partial charge in [0.15, 0.2) is 0 Å². The highest BCUT2D eigenvalue weighted by Gasteiger charge is 2.13. The predicted octanol–water partition coefficient (Wildman–Crippen LogP) is 1.61. The Labute approximate surface area is 126 Å². The molecule has 0 bridgehead atoms. The molecule has 0 spiro atoms. The number of ether oxygens (including phenoxy) is 1. The van der Waals surface area contributed by atoms with Crippen LogP contribution in [0.25, 0.3) is 0 Å².